The van der Waals surface area contributed by atoms with Crippen LogP contribution in [0.1, 0.15) is 6.42 Å². The molecular formula is C11H20O8. The third-order valence-electron chi connectivity index (χ3n) is 2.60. The first-order valence-electron chi connectivity index (χ1n) is 5.53. The molecule has 6 N–H and O–H groups in total. The Labute approximate surface area is 110 Å². The standard InChI is InChI=1S/C11H20O8/c1-5(11(18)19-2)3-6(13)8(15)10(17)9(16)7(14)4-12/h6-10,12-17H,1,3-4H2,2H3/t6-,7+,8+,9+,10+/m0/s1. The summed E-state index contributed by atoms with van der Waals surface area (Å²) in [6.45, 7) is 2.50. The van der Waals surface area contributed by atoms with Gasteiger partial charge in [-0.3, -0.25) is 0 Å². The van der Waals surface area contributed by atoms with Crippen LogP contribution in [0, 0.1) is 0 Å². The first kappa shape index (κ1) is 18.0. The third kappa shape index (κ3) is 5.23. The van der Waals surface area contributed by atoms with Crippen molar-refractivity contribution >= 4 is 5.97 Å². The highest BCUT2D eigenvalue weighted by atomic mass is 16.5. The van der Waals surface area contributed by atoms with Crippen molar-refractivity contribution in [2.24, 2.45) is 0 Å². The second-order valence-electron chi connectivity index (χ2n) is 4.09. The van der Waals surface area contributed by atoms with Gasteiger partial charge in [-0.1, -0.05) is 6.58 Å². The fraction of sp³-hybridized carbons (Fsp3) is 0.727. The van der Waals surface area contributed by atoms with Crippen molar-refractivity contribution in [1.82, 2.24) is 0 Å². The van der Waals surface area contributed by atoms with Crippen LogP contribution in [0.15, 0.2) is 12.2 Å². The molecule has 0 aliphatic rings. The Kier molecular flexibility index (Phi) is 7.76. The predicted octanol–water partition coefficient (Wildman–Crippen LogP) is -3.10. The van der Waals surface area contributed by atoms with Crippen LogP contribution in [0.25, 0.3) is 0 Å². The number of hydrogen-bond acceptors (Lipinski definition) is 8. The van der Waals surface area contributed by atoms with E-state index >= 15 is 0 Å². The lowest BCUT2D eigenvalue weighted by molar-refractivity contribution is -0.143. The Morgan fingerprint density at radius 2 is 1.53 bits per heavy atom. The molecule has 0 saturated carbocycles. The van der Waals surface area contributed by atoms with Gasteiger partial charge in [0, 0.05) is 12.0 Å². The molecule has 0 fully saturated rings. The largest absolute Gasteiger partial charge is 0.466 e. The second kappa shape index (κ2) is 8.20. The lowest BCUT2D eigenvalue weighted by atomic mass is 9.96. The summed E-state index contributed by atoms with van der Waals surface area (Å²) in [6.07, 6.45) is -9.23. The molecule has 0 aliphatic heterocycles. The van der Waals surface area contributed by atoms with Crippen molar-refractivity contribution in [3.05, 3.63) is 12.2 Å². The number of ether oxygens (including phenoxy) is 1. The lowest BCUT2D eigenvalue weighted by Gasteiger charge is -2.28. The van der Waals surface area contributed by atoms with Gasteiger partial charge in [0.2, 0.25) is 0 Å². The molecule has 8 nitrogen and oxygen atoms in total. The van der Waals surface area contributed by atoms with Gasteiger partial charge >= 0.3 is 5.97 Å². The van der Waals surface area contributed by atoms with Gasteiger partial charge in [0.15, 0.2) is 0 Å². The highest BCUT2D eigenvalue weighted by Gasteiger charge is 2.34. The Hall–Kier alpha value is -1.03. The van der Waals surface area contributed by atoms with E-state index in [1.165, 1.54) is 0 Å². The Morgan fingerprint density at radius 3 is 1.95 bits per heavy atom. The predicted molar refractivity (Wildman–Crippen MR) is 62.9 cm³/mol. The number of esters is 1. The molecule has 0 spiro atoms. The van der Waals surface area contributed by atoms with Gasteiger partial charge in [0.05, 0.1) is 19.8 Å². The maximum absolute atomic E-state index is 11.0. The van der Waals surface area contributed by atoms with Gasteiger partial charge in [-0.2, -0.15) is 0 Å². The molecule has 0 rings (SSSR count). The number of hydrogen-bond donors (Lipinski definition) is 6. The lowest BCUT2D eigenvalue weighted by Crippen LogP contribution is -2.50. The highest BCUT2D eigenvalue weighted by Crippen LogP contribution is 2.14. The molecule has 0 aromatic rings. The zero-order valence-electron chi connectivity index (χ0n) is 10.5. The van der Waals surface area contributed by atoms with Gasteiger partial charge in [-0.25, -0.2) is 4.79 Å². The summed E-state index contributed by atoms with van der Waals surface area (Å²) in [5.41, 5.74) is -0.126. The van der Waals surface area contributed by atoms with Gasteiger partial charge in [-0.15, -0.1) is 0 Å². The maximum Gasteiger partial charge on any atom is 0.333 e. The first-order chi connectivity index (χ1) is 8.76. The number of methoxy groups -OCH3 is 1. The van der Waals surface area contributed by atoms with Gasteiger partial charge in [0.25, 0.3) is 0 Å². The fourth-order valence-electron chi connectivity index (χ4n) is 1.37. The van der Waals surface area contributed by atoms with Crippen LogP contribution in [-0.4, -0.2) is 80.8 Å². The number of rotatable bonds is 8. The van der Waals surface area contributed by atoms with Gasteiger partial charge in [-0.05, 0) is 0 Å². The summed E-state index contributed by atoms with van der Waals surface area (Å²) in [4.78, 5) is 11.0. The highest BCUT2D eigenvalue weighted by molar-refractivity contribution is 5.87. The Balaban J connectivity index is 4.51. The molecule has 0 aromatic heterocycles. The van der Waals surface area contributed by atoms with Crippen LogP contribution < -0.4 is 0 Å². The topological polar surface area (TPSA) is 148 Å². The van der Waals surface area contributed by atoms with Crippen LogP contribution in [0.2, 0.25) is 0 Å². The van der Waals surface area contributed by atoms with Gasteiger partial charge < -0.3 is 35.4 Å². The number of carbonyl (C=O) groups is 1. The minimum atomic E-state index is -1.90. The molecule has 5 atom stereocenters. The molecule has 0 saturated heterocycles. The Bertz CT molecular complexity index is 305. The van der Waals surface area contributed by atoms with Crippen molar-refractivity contribution in [1.29, 1.82) is 0 Å². The van der Waals surface area contributed by atoms with E-state index in [1.807, 2.05) is 0 Å². The molecule has 19 heavy (non-hydrogen) atoms. The zero-order valence-corrected chi connectivity index (χ0v) is 10.5. The van der Waals surface area contributed by atoms with E-state index < -0.39 is 43.1 Å². The summed E-state index contributed by atoms with van der Waals surface area (Å²) < 4.78 is 4.34. The van der Waals surface area contributed by atoms with Gasteiger partial charge in [0.1, 0.15) is 24.4 Å². The SMILES string of the molecule is C=C(C[C@H](O)[C@@H](O)[C@@H](O)[C@H](O)[C@H](O)CO)C(=O)OC. The Morgan fingerprint density at radius 1 is 1.05 bits per heavy atom. The minimum Gasteiger partial charge on any atom is -0.466 e. The van der Waals surface area contributed by atoms with Crippen molar-refractivity contribution in [3.63, 3.8) is 0 Å². The monoisotopic (exact) mass is 280 g/mol. The van der Waals surface area contributed by atoms with Crippen LogP contribution in [0.5, 0.6) is 0 Å². The number of aliphatic hydroxyl groups is 6. The summed E-state index contributed by atoms with van der Waals surface area (Å²) in [6, 6.07) is 0. The van der Waals surface area contributed by atoms with E-state index in [1.54, 1.807) is 0 Å². The van der Waals surface area contributed by atoms with E-state index in [9.17, 15) is 25.2 Å². The van der Waals surface area contributed by atoms with Crippen molar-refractivity contribution in [3.8, 4) is 0 Å². The normalized spacial score (nSPS) is 19.1. The average Bonchev–Trinajstić information content (AvgIpc) is 2.42. The summed E-state index contributed by atoms with van der Waals surface area (Å²) in [5.74, 6) is -0.781. The van der Waals surface area contributed by atoms with Crippen molar-refractivity contribution in [2.45, 2.75) is 36.9 Å². The quantitative estimate of drug-likeness (QED) is 0.202. The zero-order chi connectivity index (χ0) is 15.2. The molecule has 0 aliphatic carbocycles. The van der Waals surface area contributed by atoms with E-state index in [0.29, 0.717) is 0 Å². The van der Waals surface area contributed by atoms with E-state index in [4.69, 9.17) is 10.2 Å². The van der Waals surface area contributed by atoms with Crippen molar-refractivity contribution in [2.75, 3.05) is 13.7 Å². The van der Waals surface area contributed by atoms with E-state index in [-0.39, 0.29) is 12.0 Å². The first-order valence-corrected chi connectivity index (χ1v) is 5.53. The molecule has 0 heterocycles. The molecule has 0 amide bonds. The van der Waals surface area contributed by atoms with Crippen LogP contribution in [-0.2, 0) is 9.53 Å². The molecule has 112 valence electrons. The average molecular weight is 280 g/mol. The van der Waals surface area contributed by atoms with E-state index in [0.717, 1.165) is 7.11 Å². The fourth-order valence-corrected chi connectivity index (χ4v) is 1.37. The van der Waals surface area contributed by atoms with E-state index in [2.05, 4.69) is 11.3 Å². The summed E-state index contributed by atoms with van der Waals surface area (Å²) in [5, 5.41) is 55.6. The second-order valence-corrected chi connectivity index (χ2v) is 4.09. The smallest absolute Gasteiger partial charge is 0.333 e. The number of aliphatic hydroxyl groups excluding tert-OH is 6. The molecule has 0 bridgehead atoms. The third-order valence-corrected chi connectivity index (χ3v) is 2.60. The van der Waals surface area contributed by atoms with Crippen LogP contribution >= 0.6 is 0 Å². The molecule has 8 heteroatoms. The minimum absolute atomic E-state index is 0.126. The number of carbonyl (C=O) groups excluding carboxylic acids is 1. The molecule has 0 aromatic carbocycles. The summed E-state index contributed by atoms with van der Waals surface area (Å²) >= 11 is 0. The van der Waals surface area contributed by atoms with Crippen molar-refractivity contribution < 1.29 is 40.2 Å². The maximum atomic E-state index is 11.0. The van der Waals surface area contributed by atoms with Crippen LogP contribution in [0.4, 0.5) is 0 Å². The van der Waals surface area contributed by atoms with Crippen LogP contribution in [0.3, 0.4) is 0 Å². The molecule has 0 radical (unpaired) electrons. The molecular weight excluding hydrogens is 260 g/mol. The molecule has 0 unspecified atom stereocenters. The summed E-state index contributed by atoms with van der Waals surface area (Å²) in [7, 11) is 1.12.